The molecular formula is C27H29FN2O4S. The molecular weight excluding hydrogens is 467 g/mol. The zero-order valence-electron chi connectivity index (χ0n) is 19.7. The van der Waals surface area contributed by atoms with E-state index in [1.54, 1.807) is 37.2 Å². The number of benzene rings is 2. The Bertz CT molecular complexity index is 1200. The predicted octanol–water partition coefficient (Wildman–Crippen LogP) is 5.16. The number of pyridine rings is 1. The third-order valence-corrected chi connectivity index (χ3v) is 7.59. The molecule has 2 aromatic carbocycles. The summed E-state index contributed by atoms with van der Waals surface area (Å²) in [7, 11) is 1.58. The highest BCUT2D eigenvalue weighted by Gasteiger charge is 2.34. The van der Waals surface area contributed by atoms with E-state index >= 15 is 0 Å². The van der Waals surface area contributed by atoms with Gasteiger partial charge in [0.25, 0.3) is 0 Å². The molecule has 8 heteroatoms. The normalized spacial score (nSPS) is 18.5. The standard InChI is InChI=1S/C27H29FN2O4S/c1-34-20-6-7-25-23(16-20)22(9-11-29-25)26(31)8-5-18-10-12-30(17-24(18)27(32)33)13-14-35-21-4-2-3-19(28)15-21/h2-4,6-7,9,11,15-16,18,24H,5,8,10,12-14,17H2,1H3,(H,32,33)/t18-,24+/m0/s1. The van der Waals surface area contributed by atoms with Crippen LogP contribution in [0.15, 0.2) is 59.6 Å². The fraction of sp³-hybridized carbons (Fsp3) is 0.370. The van der Waals surface area contributed by atoms with Gasteiger partial charge in [-0.2, -0.15) is 0 Å². The fourth-order valence-electron chi connectivity index (χ4n) is 4.69. The van der Waals surface area contributed by atoms with E-state index in [1.807, 2.05) is 24.3 Å². The van der Waals surface area contributed by atoms with Gasteiger partial charge in [-0.25, -0.2) is 4.39 Å². The van der Waals surface area contributed by atoms with Crippen molar-refractivity contribution in [2.45, 2.75) is 24.2 Å². The van der Waals surface area contributed by atoms with Gasteiger partial charge in [-0.15, -0.1) is 11.8 Å². The minimum absolute atomic E-state index is 0.0104. The lowest BCUT2D eigenvalue weighted by Crippen LogP contribution is -2.44. The van der Waals surface area contributed by atoms with E-state index in [-0.39, 0.29) is 17.5 Å². The Morgan fingerprint density at radius 3 is 2.86 bits per heavy atom. The van der Waals surface area contributed by atoms with Gasteiger partial charge in [0.15, 0.2) is 5.78 Å². The van der Waals surface area contributed by atoms with Crippen LogP contribution in [0, 0.1) is 17.7 Å². The summed E-state index contributed by atoms with van der Waals surface area (Å²) < 4.78 is 18.7. The number of hydrogen-bond donors (Lipinski definition) is 1. The molecule has 3 aromatic rings. The van der Waals surface area contributed by atoms with Crippen molar-refractivity contribution in [1.82, 2.24) is 9.88 Å². The summed E-state index contributed by atoms with van der Waals surface area (Å²) in [5.74, 6) is -0.218. The average Bonchev–Trinajstić information content (AvgIpc) is 2.87. The van der Waals surface area contributed by atoms with Crippen LogP contribution in [-0.2, 0) is 4.79 Å². The number of hydrogen-bond acceptors (Lipinski definition) is 6. The van der Waals surface area contributed by atoms with Gasteiger partial charge in [-0.3, -0.25) is 14.6 Å². The second-order valence-corrected chi connectivity index (χ2v) is 9.97. The minimum Gasteiger partial charge on any atom is -0.497 e. The van der Waals surface area contributed by atoms with Crippen LogP contribution in [0.2, 0.25) is 0 Å². The molecule has 0 unspecified atom stereocenters. The van der Waals surface area contributed by atoms with E-state index in [0.29, 0.717) is 30.7 Å². The molecule has 1 aromatic heterocycles. The molecule has 1 saturated heterocycles. The summed E-state index contributed by atoms with van der Waals surface area (Å²) in [4.78, 5) is 32.5. The second kappa shape index (κ2) is 11.6. The number of carbonyl (C=O) groups excluding carboxylic acids is 1. The number of thioether (sulfide) groups is 1. The summed E-state index contributed by atoms with van der Waals surface area (Å²) >= 11 is 1.57. The van der Waals surface area contributed by atoms with Gasteiger partial charge >= 0.3 is 5.97 Å². The summed E-state index contributed by atoms with van der Waals surface area (Å²) in [5.41, 5.74) is 1.32. The number of likely N-dealkylation sites (tertiary alicyclic amines) is 1. The molecule has 4 rings (SSSR count). The van der Waals surface area contributed by atoms with Crippen LogP contribution in [-0.4, -0.2) is 59.2 Å². The van der Waals surface area contributed by atoms with E-state index < -0.39 is 11.9 Å². The smallest absolute Gasteiger partial charge is 0.308 e. The second-order valence-electron chi connectivity index (χ2n) is 8.80. The first-order valence-electron chi connectivity index (χ1n) is 11.7. The van der Waals surface area contributed by atoms with Crippen molar-refractivity contribution in [3.8, 4) is 5.75 Å². The Kier molecular flexibility index (Phi) is 8.36. The van der Waals surface area contributed by atoms with Crippen LogP contribution in [0.5, 0.6) is 5.75 Å². The van der Waals surface area contributed by atoms with Crippen molar-refractivity contribution in [2.24, 2.45) is 11.8 Å². The van der Waals surface area contributed by atoms with Crippen molar-refractivity contribution >= 4 is 34.4 Å². The van der Waals surface area contributed by atoms with Gasteiger partial charge in [-0.1, -0.05) is 6.07 Å². The summed E-state index contributed by atoms with van der Waals surface area (Å²) in [5, 5.41) is 10.6. The molecule has 1 N–H and O–H groups in total. The summed E-state index contributed by atoms with van der Waals surface area (Å²) in [6, 6.07) is 13.7. The molecule has 2 heterocycles. The average molecular weight is 497 g/mol. The first-order chi connectivity index (χ1) is 16.9. The van der Waals surface area contributed by atoms with E-state index in [4.69, 9.17) is 4.74 Å². The molecule has 0 bridgehead atoms. The van der Waals surface area contributed by atoms with Crippen LogP contribution in [0.1, 0.15) is 29.6 Å². The first-order valence-corrected chi connectivity index (χ1v) is 12.7. The Morgan fingerprint density at radius 2 is 2.09 bits per heavy atom. The number of halogens is 1. The van der Waals surface area contributed by atoms with Crippen molar-refractivity contribution in [3.63, 3.8) is 0 Å². The molecule has 1 aliphatic heterocycles. The zero-order valence-corrected chi connectivity index (χ0v) is 20.5. The van der Waals surface area contributed by atoms with Crippen molar-refractivity contribution in [2.75, 3.05) is 32.5 Å². The van der Waals surface area contributed by atoms with Gasteiger partial charge < -0.3 is 14.7 Å². The highest BCUT2D eigenvalue weighted by Crippen LogP contribution is 2.30. The van der Waals surface area contributed by atoms with Crippen LogP contribution in [0.3, 0.4) is 0 Å². The number of aromatic nitrogens is 1. The molecule has 6 nitrogen and oxygen atoms in total. The number of carboxylic acid groups (broad SMARTS) is 1. The molecule has 0 saturated carbocycles. The van der Waals surface area contributed by atoms with E-state index in [1.165, 1.54) is 12.1 Å². The number of rotatable bonds is 10. The van der Waals surface area contributed by atoms with Gasteiger partial charge in [-0.05, 0) is 67.8 Å². The number of methoxy groups -OCH3 is 1. The molecule has 0 amide bonds. The largest absolute Gasteiger partial charge is 0.497 e. The molecule has 2 atom stereocenters. The molecule has 0 spiro atoms. The topological polar surface area (TPSA) is 79.7 Å². The number of fused-ring (bicyclic) bond motifs is 1. The van der Waals surface area contributed by atoms with Crippen LogP contribution in [0.25, 0.3) is 10.9 Å². The summed E-state index contributed by atoms with van der Waals surface area (Å²) in [6.07, 6.45) is 3.19. The number of ether oxygens (including phenoxy) is 1. The molecule has 1 fully saturated rings. The lowest BCUT2D eigenvalue weighted by atomic mass is 9.81. The minimum atomic E-state index is -0.816. The lowest BCUT2D eigenvalue weighted by Gasteiger charge is -2.36. The highest BCUT2D eigenvalue weighted by atomic mass is 32.2. The number of piperidine rings is 1. The number of ketones is 1. The maximum atomic E-state index is 13.4. The molecule has 0 aliphatic carbocycles. The van der Waals surface area contributed by atoms with Crippen LogP contribution in [0.4, 0.5) is 4.39 Å². The van der Waals surface area contributed by atoms with E-state index in [0.717, 1.165) is 41.1 Å². The van der Waals surface area contributed by atoms with Gasteiger partial charge in [0.1, 0.15) is 11.6 Å². The molecule has 1 aliphatic rings. The number of aliphatic carboxylic acids is 1. The molecule has 184 valence electrons. The fourth-order valence-corrected chi connectivity index (χ4v) is 5.65. The highest BCUT2D eigenvalue weighted by molar-refractivity contribution is 7.99. The van der Waals surface area contributed by atoms with E-state index in [2.05, 4.69) is 9.88 Å². The number of Topliss-reactive ketones (excluding diaryl/α,β-unsaturated/α-hetero) is 1. The molecule has 0 radical (unpaired) electrons. The number of carboxylic acids is 1. The number of carbonyl (C=O) groups is 2. The van der Waals surface area contributed by atoms with Crippen molar-refractivity contribution in [3.05, 3.63) is 66.1 Å². The Morgan fingerprint density at radius 1 is 1.23 bits per heavy atom. The maximum Gasteiger partial charge on any atom is 0.308 e. The lowest BCUT2D eigenvalue weighted by molar-refractivity contribution is -0.146. The zero-order chi connectivity index (χ0) is 24.8. The van der Waals surface area contributed by atoms with Crippen molar-refractivity contribution < 1.29 is 23.8 Å². The Balaban J connectivity index is 1.33. The molecule has 35 heavy (non-hydrogen) atoms. The van der Waals surface area contributed by atoms with Crippen molar-refractivity contribution in [1.29, 1.82) is 0 Å². The Labute approximate surface area is 208 Å². The van der Waals surface area contributed by atoms with Gasteiger partial charge in [0.05, 0.1) is 18.5 Å². The van der Waals surface area contributed by atoms with E-state index in [9.17, 15) is 19.1 Å². The number of nitrogens with zero attached hydrogens (tertiary/aromatic N) is 2. The monoisotopic (exact) mass is 496 g/mol. The maximum absolute atomic E-state index is 13.4. The SMILES string of the molecule is COc1ccc2nccc(C(=O)CC[C@H]3CCN(CCSc4cccc(F)c4)C[C@H]3C(=O)O)c2c1. The third-order valence-electron chi connectivity index (χ3n) is 6.62. The van der Waals surface area contributed by atoms with Gasteiger partial charge in [0, 0.05) is 47.3 Å². The van der Waals surface area contributed by atoms with Crippen LogP contribution >= 0.6 is 11.8 Å². The first kappa shape index (κ1) is 25.1. The quantitative estimate of drug-likeness (QED) is 0.307. The van der Waals surface area contributed by atoms with Crippen LogP contribution < -0.4 is 4.74 Å². The summed E-state index contributed by atoms with van der Waals surface area (Å²) in [6.45, 7) is 2.00. The third kappa shape index (κ3) is 6.38. The Hall–Kier alpha value is -2.97. The van der Waals surface area contributed by atoms with Gasteiger partial charge in [0.2, 0.25) is 0 Å². The predicted molar refractivity (Wildman–Crippen MR) is 135 cm³/mol.